The molecule has 2 unspecified atom stereocenters. The Morgan fingerprint density at radius 3 is 2.95 bits per heavy atom. The van der Waals surface area contributed by atoms with Crippen molar-refractivity contribution >= 4 is 35.2 Å². The highest BCUT2D eigenvalue weighted by molar-refractivity contribution is 7.99. The van der Waals surface area contributed by atoms with Crippen LogP contribution in [0.4, 0.5) is 5.69 Å². The molecule has 3 rings (SSSR count). The number of carbonyl (C=O) groups is 3. The lowest BCUT2D eigenvalue weighted by Crippen LogP contribution is -2.51. The van der Waals surface area contributed by atoms with Gasteiger partial charge in [0.1, 0.15) is 6.04 Å². The third kappa shape index (κ3) is 2.56. The number of hydrogen-bond donors (Lipinski definition) is 2. The van der Waals surface area contributed by atoms with Gasteiger partial charge < -0.3 is 15.5 Å². The van der Waals surface area contributed by atoms with Gasteiger partial charge in [0.25, 0.3) is 5.91 Å². The lowest BCUT2D eigenvalue weighted by atomic mass is 10.1. The van der Waals surface area contributed by atoms with Crippen LogP contribution in [0.15, 0.2) is 24.3 Å². The van der Waals surface area contributed by atoms with Crippen LogP contribution in [0.5, 0.6) is 0 Å². The van der Waals surface area contributed by atoms with E-state index in [1.807, 2.05) is 6.26 Å². The van der Waals surface area contributed by atoms with Crippen LogP contribution in [-0.2, 0) is 9.59 Å². The molecule has 0 bridgehead atoms. The zero-order valence-electron chi connectivity index (χ0n) is 12.2. The van der Waals surface area contributed by atoms with Crippen molar-refractivity contribution in [3.63, 3.8) is 0 Å². The second-order valence-electron chi connectivity index (χ2n) is 5.37. The highest BCUT2D eigenvalue weighted by atomic mass is 32.2. The van der Waals surface area contributed by atoms with Gasteiger partial charge in [0.2, 0.25) is 11.8 Å². The van der Waals surface area contributed by atoms with Gasteiger partial charge in [-0.25, -0.2) is 0 Å². The van der Waals surface area contributed by atoms with Crippen molar-refractivity contribution in [3.8, 4) is 0 Å². The quantitative estimate of drug-likeness (QED) is 0.860. The first-order valence-electron chi connectivity index (χ1n) is 7.11. The number of nitrogens with one attached hydrogen (secondary N) is 2. The smallest absolute Gasteiger partial charge is 0.256 e. The Morgan fingerprint density at radius 2 is 2.18 bits per heavy atom. The minimum absolute atomic E-state index is 0.110. The molecule has 1 saturated heterocycles. The zero-order valence-corrected chi connectivity index (χ0v) is 13.0. The number of rotatable bonds is 3. The minimum Gasteiger partial charge on any atom is -0.350 e. The molecule has 0 aliphatic carbocycles. The van der Waals surface area contributed by atoms with Crippen LogP contribution in [0.3, 0.4) is 0 Å². The summed E-state index contributed by atoms with van der Waals surface area (Å²) in [5, 5.41) is 5.67. The van der Waals surface area contributed by atoms with Crippen molar-refractivity contribution in [2.75, 3.05) is 23.9 Å². The maximum absolute atomic E-state index is 12.6. The molecule has 2 heterocycles. The molecule has 0 aromatic heterocycles. The van der Waals surface area contributed by atoms with Gasteiger partial charge in [-0.15, -0.1) is 0 Å². The average Bonchev–Trinajstić information content (AvgIpc) is 2.86. The van der Waals surface area contributed by atoms with E-state index < -0.39 is 6.04 Å². The Kier molecular flexibility index (Phi) is 4.06. The third-order valence-electron chi connectivity index (χ3n) is 3.96. The molecule has 1 fully saturated rings. The first-order valence-corrected chi connectivity index (χ1v) is 8.50. The summed E-state index contributed by atoms with van der Waals surface area (Å²) in [7, 11) is 0. The predicted molar refractivity (Wildman–Crippen MR) is 84.8 cm³/mol. The maximum atomic E-state index is 12.6. The first-order chi connectivity index (χ1) is 10.6. The molecule has 1 aromatic carbocycles. The van der Waals surface area contributed by atoms with Gasteiger partial charge in [0, 0.05) is 6.54 Å². The van der Waals surface area contributed by atoms with E-state index in [0.29, 0.717) is 30.0 Å². The lowest BCUT2D eigenvalue weighted by Gasteiger charge is -2.24. The number of para-hydroxylation sites is 1. The van der Waals surface area contributed by atoms with Gasteiger partial charge in [-0.05, 0) is 24.8 Å². The Balaban J connectivity index is 1.86. The normalized spacial score (nSPS) is 23.4. The SMILES string of the molecule is CSCC(=O)NC1CCN2C(=O)c3ccccc3NC(=O)C12. The van der Waals surface area contributed by atoms with Gasteiger partial charge in [-0.2, -0.15) is 11.8 Å². The Bertz CT molecular complexity index is 634. The van der Waals surface area contributed by atoms with Crippen molar-refractivity contribution in [2.24, 2.45) is 0 Å². The summed E-state index contributed by atoms with van der Waals surface area (Å²) in [6.07, 6.45) is 2.44. The molecule has 0 saturated carbocycles. The highest BCUT2D eigenvalue weighted by Crippen LogP contribution is 2.28. The van der Waals surface area contributed by atoms with E-state index in [9.17, 15) is 14.4 Å². The van der Waals surface area contributed by atoms with Gasteiger partial charge >= 0.3 is 0 Å². The molecule has 22 heavy (non-hydrogen) atoms. The number of anilines is 1. The summed E-state index contributed by atoms with van der Waals surface area (Å²) >= 11 is 1.42. The fourth-order valence-electron chi connectivity index (χ4n) is 3.02. The second-order valence-corrected chi connectivity index (χ2v) is 6.24. The van der Waals surface area contributed by atoms with Gasteiger partial charge in [0.05, 0.1) is 23.0 Å². The molecular weight excluding hydrogens is 302 g/mol. The maximum Gasteiger partial charge on any atom is 0.256 e. The molecule has 2 atom stereocenters. The number of benzene rings is 1. The third-order valence-corrected chi connectivity index (χ3v) is 4.52. The molecule has 0 spiro atoms. The summed E-state index contributed by atoms with van der Waals surface area (Å²) in [6, 6.07) is 6.00. The van der Waals surface area contributed by atoms with Crippen LogP contribution >= 0.6 is 11.8 Å². The summed E-state index contributed by atoms with van der Waals surface area (Å²) in [6.45, 7) is 0.468. The largest absolute Gasteiger partial charge is 0.350 e. The average molecular weight is 319 g/mol. The predicted octanol–water partition coefficient (Wildman–Crippen LogP) is 0.701. The Morgan fingerprint density at radius 1 is 1.41 bits per heavy atom. The molecule has 7 heteroatoms. The fraction of sp³-hybridized carbons (Fsp3) is 0.400. The molecule has 3 amide bonds. The van der Waals surface area contributed by atoms with E-state index in [-0.39, 0.29) is 23.8 Å². The van der Waals surface area contributed by atoms with Crippen LogP contribution in [0.25, 0.3) is 0 Å². The monoisotopic (exact) mass is 319 g/mol. The molecule has 1 aromatic rings. The van der Waals surface area contributed by atoms with Crippen molar-refractivity contribution in [1.82, 2.24) is 10.2 Å². The van der Waals surface area contributed by atoms with E-state index in [1.54, 1.807) is 29.2 Å². The number of thioether (sulfide) groups is 1. The number of hydrogen-bond acceptors (Lipinski definition) is 4. The molecule has 6 nitrogen and oxygen atoms in total. The van der Waals surface area contributed by atoms with Crippen molar-refractivity contribution in [3.05, 3.63) is 29.8 Å². The fourth-order valence-corrected chi connectivity index (χ4v) is 3.36. The van der Waals surface area contributed by atoms with Gasteiger partial charge in [-0.1, -0.05) is 12.1 Å². The zero-order chi connectivity index (χ0) is 15.7. The van der Waals surface area contributed by atoms with E-state index in [4.69, 9.17) is 0 Å². The van der Waals surface area contributed by atoms with Crippen molar-refractivity contribution in [2.45, 2.75) is 18.5 Å². The number of carbonyl (C=O) groups excluding carboxylic acids is 3. The second kappa shape index (κ2) is 6.00. The van der Waals surface area contributed by atoms with Crippen molar-refractivity contribution < 1.29 is 14.4 Å². The van der Waals surface area contributed by atoms with E-state index in [1.165, 1.54) is 11.8 Å². The van der Waals surface area contributed by atoms with Crippen LogP contribution in [-0.4, -0.2) is 53.3 Å². The highest BCUT2D eigenvalue weighted by Gasteiger charge is 2.45. The standard InChI is InChI=1S/C15H17N3O3S/c1-22-8-12(19)16-11-6-7-18-13(11)14(20)17-10-5-3-2-4-9(10)15(18)21/h2-5,11,13H,6-8H2,1H3,(H,16,19)(H,17,20). The molecule has 2 aliphatic rings. The lowest BCUT2D eigenvalue weighted by molar-refractivity contribution is -0.122. The first kappa shape index (κ1) is 14.9. The van der Waals surface area contributed by atoms with Gasteiger partial charge in [-0.3, -0.25) is 14.4 Å². The Labute approximate surface area is 132 Å². The summed E-state index contributed by atoms with van der Waals surface area (Å²) in [4.78, 5) is 38.5. The van der Waals surface area contributed by atoms with E-state index in [2.05, 4.69) is 10.6 Å². The topological polar surface area (TPSA) is 78.5 Å². The van der Waals surface area contributed by atoms with E-state index in [0.717, 1.165) is 0 Å². The van der Waals surface area contributed by atoms with Crippen LogP contribution in [0.2, 0.25) is 0 Å². The Hall–Kier alpha value is -2.02. The molecule has 116 valence electrons. The molecule has 2 aliphatic heterocycles. The van der Waals surface area contributed by atoms with Crippen LogP contribution in [0, 0.1) is 0 Å². The number of amides is 3. The van der Waals surface area contributed by atoms with Gasteiger partial charge in [0.15, 0.2) is 0 Å². The molecule has 0 radical (unpaired) electrons. The molecule has 2 N–H and O–H groups in total. The molecular formula is C15H17N3O3S. The summed E-state index contributed by atoms with van der Waals surface area (Å²) < 4.78 is 0. The van der Waals surface area contributed by atoms with Crippen LogP contribution < -0.4 is 10.6 Å². The summed E-state index contributed by atoms with van der Waals surface area (Å²) in [5.41, 5.74) is 1.02. The number of fused-ring (bicyclic) bond motifs is 2. The van der Waals surface area contributed by atoms with E-state index >= 15 is 0 Å². The van der Waals surface area contributed by atoms with Crippen LogP contribution in [0.1, 0.15) is 16.8 Å². The van der Waals surface area contributed by atoms with Crippen molar-refractivity contribution in [1.29, 1.82) is 0 Å². The minimum atomic E-state index is -0.647. The number of nitrogens with zero attached hydrogens (tertiary/aromatic N) is 1. The summed E-state index contributed by atoms with van der Waals surface area (Å²) in [5.74, 6) is -0.175.